The van der Waals surface area contributed by atoms with E-state index in [2.05, 4.69) is 25.7 Å². The molecule has 0 fully saturated rings. The van der Waals surface area contributed by atoms with Crippen LogP contribution in [0.4, 0.5) is 19.0 Å². The third-order valence-electron chi connectivity index (χ3n) is 4.05. The van der Waals surface area contributed by atoms with Gasteiger partial charge in [-0.25, -0.2) is 0 Å². The van der Waals surface area contributed by atoms with Crippen molar-refractivity contribution in [3.8, 4) is 0 Å². The van der Waals surface area contributed by atoms with Crippen LogP contribution in [0.2, 0.25) is 0 Å². The third kappa shape index (κ3) is 2.57. The first kappa shape index (κ1) is 14.9. The minimum atomic E-state index is -4.60. The van der Waals surface area contributed by atoms with Gasteiger partial charge in [-0.15, -0.1) is 15.3 Å². The highest BCUT2D eigenvalue weighted by molar-refractivity contribution is 5.44. The van der Waals surface area contributed by atoms with Crippen molar-refractivity contribution in [2.45, 2.75) is 38.5 Å². The van der Waals surface area contributed by atoms with Crippen molar-refractivity contribution in [3.63, 3.8) is 0 Å². The molecule has 0 unspecified atom stereocenters. The highest BCUT2D eigenvalue weighted by Gasteiger charge is 2.37. The smallest absolute Gasteiger partial charge is 0.364 e. The van der Waals surface area contributed by atoms with E-state index in [0.29, 0.717) is 16.9 Å². The number of nitrogens with one attached hydrogen (secondary N) is 1. The van der Waals surface area contributed by atoms with E-state index in [1.54, 1.807) is 12.3 Å². The van der Waals surface area contributed by atoms with E-state index in [4.69, 9.17) is 0 Å². The molecule has 4 rings (SSSR count). The maximum Gasteiger partial charge on any atom is 0.453 e. The van der Waals surface area contributed by atoms with Gasteiger partial charge in [-0.05, 0) is 31.4 Å². The largest absolute Gasteiger partial charge is 0.453 e. The number of aryl methyl sites for hydroxylation is 1. The predicted octanol–water partition coefficient (Wildman–Crippen LogP) is 2.29. The van der Waals surface area contributed by atoms with E-state index < -0.39 is 12.0 Å². The van der Waals surface area contributed by atoms with Gasteiger partial charge >= 0.3 is 6.18 Å². The van der Waals surface area contributed by atoms with Gasteiger partial charge in [0, 0.05) is 24.3 Å². The molecule has 7 nitrogen and oxygen atoms in total. The Morgan fingerprint density at radius 2 is 2.04 bits per heavy atom. The number of nitrogens with zero attached hydrogens (tertiary/aromatic N) is 6. The van der Waals surface area contributed by atoms with Gasteiger partial charge in [-0.1, -0.05) is 0 Å². The average Bonchev–Trinajstić information content (AvgIpc) is 3.16. The van der Waals surface area contributed by atoms with Crippen molar-refractivity contribution in [2.24, 2.45) is 0 Å². The van der Waals surface area contributed by atoms with E-state index in [1.165, 1.54) is 11.8 Å². The van der Waals surface area contributed by atoms with Crippen LogP contribution in [0.15, 0.2) is 18.3 Å². The summed E-state index contributed by atoms with van der Waals surface area (Å²) in [6.45, 7) is 1.37. The lowest BCUT2D eigenvalue weighted by Crippen LogP contribution is -2.14. The first-order chi connectivity index (χ1) is 11.5. The van der Waals surface area contributed by atoms with Crippen LogP contribution in [-0.2, 0) is 25.7 Å². The lowest BCUT2D eigenvalue weighted by atomic mass is 10.1. The quantitative estimate of drug-likeness (QED) is 0.794. The molecule has 3 aromatic rings. The topological polar surface area (TPSA) is 72.9 Å². The Kier molecular flexibility index (Phi) is 3.39. The van der Waals surface area contributed by atoms with Crippen molar-refractivity contribution in [3.05, 3.63) is 35.4 Å². The first-order valence-corrected chi connectivity index (χ1v) is 7.59. The molecule has 1 aliphatic heterocycles. The Labute approximate surface area is 134 Å². The number of alkyl halides is 3. The summed E-state index contributed by atoms with van der Waals surface area (Å²) < 4.78 is 41.3. The molecular weight excluding hydrogens is 323 g/mol. The van der Waals surface area contributed by atoms with Gasteiger partial charge in [-0.3, -0.25) is 4.68 Å². The number of halogens is 3. The van der Waals surface area contributed by atoms with Crippen LogP contribution in [0.5, 0.6) is 0 Å². The van der Waals surface area contributed by atoms with Crippen molar-refractivity contribution in [1.82, 2.24) is 29.6 Å². The summed E-state index contributed by atoms with van der Waals surface area (Å²) >= 11 is 0. The van der Waals surface area contributed by atoms with Gasteiger partial charge in [0.2, 0.25) is 0 Å². The van der Waals surface area contributed by atoms with Crippen LogP contribution in [0.3, 0.4) is 0 Å². The molecule has 24 heavy (non-hydrogen) atoms. The van der Waals surface area contributed by atoms with Gasteiger partial charge in [0.15, 0.2) is 5.65 Å². The average molecular weight is 337 g/mol. The standard InChI is InChI=1S/C14H14F3N7/c15-14(16,17)13-21-20-12-5-4-11(22-24(12)13)18-7-9-8-19-23-6-2-1-3-10(9)23/h4-5,8H,1-3,6-7H2,(H,18,22). The SMILES string of the molecule is FC(F)(F)c1nnc2ccc(NCc3cnn4c3CCCC4)nn12. The Morgan fingerprint density at radius 1 is 1.17 bits per heavy atom. The molecule has 0 amide bonds. The van der Waals surface area contributed by atoms with Gasteiger partial charge < -0.3 is 5.32 Å². The second-order valence-electron chi connectivity index (χ2n) is 5.66. The van der Waals surface area contributed by atoms with Crippen LogP contribution in [0, 0.1) is 0 Å². The van der Waals surface area contributed by atoms with Crippen LogP contribution >= 0.6 is 0 Å². The Hall–Kier alpha value is -2.65. The van der Waals surface area contributed by atoms with E-state index in [0.717, 1.165) is 31.4 Å². The fourth-order valence-corrected chi connectivity index (χ4v) is 2.88. The van der Waals surface area contributed by atoms with Crippen molar-refractivity contribution >= 4 is 11.5 Å². The second-order valence-corrected chi connectivity index (χ2v) is 5.66. The Balaban J connectivity index is 1.58. The number of anilines is 1. The van der Waals surface area contributed by atoms with Gasteiger partial charge in [-0.2, -0.15) is 22.8 Å². The summed E-state index contributed by atoms with van der Waals surface area (Å²) in [7, 11) is 0. The molecule has 0 saturated carbocycles. The van der Waals surface area contributed by atoms with Crippen molar-refractivity contribution < 1.29 is 13.2 Å². The van der Waals surface area contributed by atoms with Crippen molar-refractivity contribution in [2.75, 3.05) is 5.32 Å². The number of fused-ring (bicyclic) bond motifs is 2. The van der Waals surface area contributed by atoms with Crippen LogP contribution in [0.1, 0.15) is 29.9 Å². The maximum absolute atomic E-state index is 12.9. The number of hydrogen-bond donors (Lipinski definition) is 1. The van der Waals surface area contributed by atoms with Crippen LogP contribution in [0.25, 0.3) is 5.65 Å². The fourth-order valence-electron chi connectivity index (χ4n) is 2.88. The molecule has 0 bridgehead atoms. The Morgan fingerprint density at radius 3 is 2.88 bits per heavy atom. The second kappa shape index (κ2) is 5.46. The van der Waals surface area contributed by atoms with Gasteiger partial charge in [0.1, 0.15) is 5.82 Å². The molecule has 0 aliphatic carbocycles. The molecule has 1 aliphatic rings. The molecular formula is C14H14F3N7. The zero-order valence-electron chi connectivity index (χ0n) is 12.6. The molecule has 126 valence electrons. The molecule has 0 atom stereocenters. The lowest BCUT2D eigenvalue weighted by molar-refractivity contribution is -0.146. The summed E-state index contributed by atoms with van der Waals surface area (Å²) in [6, 6.07) is 3.03. The minimum Gasteiger partial charge on any atom is -0.364 e. The maximum atomic E-state index is 12.9. The summed E-state index contributed by atoms with van der Waals surface area (Å²) in [5, 5.41) is 18.0. The van der Waals surface area contributed by atoms with Gasteiger partial charge in [0.05, 0.1) is 6.20 Å². The first-order valence-electron chi connectivity index (χ1n) is 7.59. The fraction of sp³-hybridized carbons (Fsp3) is 0.429. The number of hydrogen-bond acceptors (Lipinski definition) is 5. The monoisotopic (exact) mass is 337 g/mol. The molecule has 0 aromatic carbocycles. The Bertz CT molecular complexity index is 880. The van der Waals surface area contributed by atoms with Crippen molar-refractivity contribution in [1.29, 1.82) is 0 Å². The van der Waals surface area contributed by atoms with E-state index >= 15 is 0 Å². The van der Waals surface area contributed by atoms with E-state index in [-0.39, 0.29) is 5.65 Å². The predicted molar refractivity (Wildman–Crippen MR) is 78.3 cm³/mol. The molecule has 0 spiro atoms. The highest BCUT2D eigenvalue weighted by Crippen LogP contribution is 2.27. The van der Waals surface area contributed by atoms with Gasteiger partial charge in [0.25, 0.3) is 5.82 Å². The summed E-state index contributed by atoms with van der Waals surface area (Å²) in [5.74, 6) is -0.812. The molecule has 4 heterocycles. The van der Waals surface area contributed by atoms with Crippen LogP contribution < -0.4 is 5.32 Å². The lowest BCUT2D eigenvalue weighted by Gasteiger charge is -2.15. The minimum absolute atomic E-state index is 0.0517. The number of aromatic nitrogens is 6. The summed E-state index contributed by atoms with van der Waals surface area (Å²) in [6.07, 6.45) is 0.405. The zero-order valence-corrected chi connectivity index (χ0v) is 12.6. The molecule has 0 saturated heterocycles. The molecule has 3 aromatic heterocycles. The summed E-state index contributed by atoms with van der Waals surface area (Å²) in [4.78, 5) is 0. The number of rotatable bonds is 3. The van der Waals surface area contributed by atoms with E-state index in [1.807, 2.05) is 4.68 Å². The summed E-state index contributed by atoms with van der Waals surface area (Å²) in [5.41, 5.74) is 2.27. The normalized spacial score (nSPS) is 14.8. The van der Waals surface area contributed by atoms with Crippen LogP contribution in [-0.4, -0.2) is 29.6 Å². The molecule has 10 heteroatoms. The molecule has 1 N–H and O–H groups in total. The van der Waals surface area contributed by atoms with E-state index in [9.17, 15) is 13.2 Å². The molecule has 0 radical (unpaired) electrons. The highest BCUT2D eigenvalue weighted by atomic mass is 19.4. The third-order valence-corrected chi connectivity index (χ3v) is 4.05. The zero-order chi connectivity index (χ0) is 16.7.